The SMILES string of the molecule is CC1CCc2cc(NS(=O)(=O)c3ccccc3)ccc2N1C(=O)CCc1ccc(C#N)cc1. The molecule has 0 aromatic heterocycles. The Hall–Kier alpha value is -3.63. The van der Waals surface area contributed by atoms with Crippen LogP contribution in [0.3, 0.4) is 0 Å². The highest BCUT2D eigenvalue weighted by Crippen LogP contribution is 2.34. The van der Waals surface area contributed by atoms with Crippen LogP contribution in [-0.4, -0.2) is 20.4 Å². The number of amides is 1. The first-order valence-corrected chi connectivity index (χ1v) is 12.4. The van der Waals surface area contributed by atoms with E-state index in [1.807, 2.05) is 36.1 Å². The maximum atomic E-state index is 13.1. The molecule has 1 amide bonds. The molecule has 33 heavy (non-hydrogen) atoms. The summed E-state index contributed by atoms with van der Waals surface area (Å²) in [6.07, 6.45) is 2.54. The number of fused-ring (bicyclic) bond motifs is 1. The van der Waals surface area contributed by atoms with Crippen molar-refractivity contribution in [1.82, 2.24) is 0 Å². The highest BCUT2D eigenvalue weighted by atomic mass is 32.2. The molecule has 1 aliphatic rings. The van der Waals surface area contributed by atoms with Crippen LogP contribution < -0.4 is 9.62 Å². The number of nitrogens with one attached hydrogen (secondary N) is 1. The van der Waals surface area contributed by atoms with Gasteiger partial charge in [0.05, 0.1) is 16.5 Å². The van der Waals surface area contributed by atoms with Gasteiger partial charge < -0.3 is 4.90 Å². The molecule has 0 radical (unpaired) electrons. The van der Waals surface area contributed by atoms with Gasteiger partial charge >= 0.3 is 0 Å². The van der Waals surface area contributed by atoms with E-state index in [0.717, 1.165) is 29.7 Å². The number of benzene rings is 3. The number of sulfonamides is 1. The van der Waals surface area contributed by atoms with Gasteiger partial charge in [-0.3, -0.25) is 9.52 Å². The Morgan fingerprint density at radius 2 is 1.82 bits per heavy atom. The van der Waals surface area contributed by atoms with Crippen LogP contribution in [0.4, 0.5) is 11.4 Å². The molecule has 0 bridgehead atoms. The standard InChI is InChI=1S/C26H25N3O3S/c1-19-7-13-22-17-23(28-33(31,32)24-5-3-2-4-6-24)14-15-25(22)29(19)26(30)16-12-20-8-10-21(18-27)11-9-20/h2-6,8-11,14-15,17,19,28H,7,12-13,16H2,1H3. The molecule has 0 fully saturated rings. The molecule has 1 aliphatic heterocycles. The molecular formula is C26H25N3O3S. The third kappa shape index (κ3) is 5.07. The quantitative estimate of drug-likeness (QED) is 0.580. The van der Waals surface area contributed by atoms with Gasteiger partial charge in [0.15, 0.2) is 0 Å². The molecule has 168 valence electrons. The second kappa shape index (κ2) is 9.47. The third-order valence-corrected chi connectivity index (χ3v) is 7.29. The van der Waals surface area contributed by atoms with Gasteiger partial charge in [-0.2, -0.15) is 5.26 Å². The van der Waals surface area contributed by atoms with Crippen molar-refractivity contribution in [3.05, 3.63) is 89.5 Å². The fraction of sp³-hybridized carbons (Fsp3) is 0.231. The number of aryl methyl sites for hydroxylation is 2. The molecule has 0 spiro atoms. The second-order valence-electron chi connectivity index (χ2n) is 8.22. The summed E-state index contributed by atoms with van der Waals surface area (Å²) in [6, 6.07) is 23.0. The highest BCUT2D eigenvalue weighted by molar-refractivity contribution is 7.92. The Balaban J connectivity index is 1.50. The first-order valence-electron chi connectivity index (χ1n) is 10.9. The van der Waals surface area contributed by atoms with Crippen molar-refractivity contribution in [2.24, 2.45) is 0 Å². The van der Waals surface area contributed by atoms with E-state index < -0.39 is 10.0 Å². The van der Waals surface area contributed by atoms with E-state index in [4.69, 9.17) is 5.26 Å². The lowest BCUT2D eigenvalue weighted by molar-refractivity contribution is -0.119. The zero-order valence-electron chi connectivity index (χ0n) is 18.4. The molecule has 6 nitrogen and oxygen atoms in total. The summed E-state index contributed by atoms with van der Waals surface area (Å²) in [5.41, 5.74) is 3.88. The summed E-state index contributed by atoms with van der Waals surface area (Å²) >= 11 is 0. The van der Waals surface area contributed by atoms with Crippen molar-refractivity contribution >= 4 is 27.3 Å². The van der Waals surface area contributed by atoms with Crippen LogP contribution in [0.15, 0.2) is 77.7 Å². The topological polar surface area (TPSA) is 90.3 Å². The average Bonchev–Trinajstić information content (AvgIpc) is 2.83. The fourth-order valence-electron chi connectivity index (χ4n) is 4.13. The predicted molar refractivity (Wildman–Crippen MR) is 128 cm³/mol. The number of carbonyl (C=O) groups excluding carboxylic acids is 1. The van der Waals surface area contributed by atoms with Gasteiger partial charge in [-0.15, -0.1) is 0 Å². The van der Waals surface area contributed by atoms with Gasteiger partial charge in [-0.1, -0.05) is 30.3 Å². The van der Waals surface area contributed by atoms with Crippen LogP contribution in [0.1, 0.15) is 36.5 Å². The molecule has 3 aromatic rings. The average molecular weight is 460 g/mol. The Morgan fingerprint density at radius 1 is 1.09 bits per heavy atom. The van der Waals surface area contributed by atoms with Crippen LogP contribution >= 0.6 is 0 Å². The van der Waals surface area contributed by atoms with Crippen molar-refractivity contribution in [2.75, 3.05) is 9.62 Å². The summed E-state index contributed by atoms with van der Waals surface area (Å²) in [5, 5.41) is 8.93. The minimum absolute atomic E-state index is 0.0328. The van der Waals surface area contributed by atoms with E-state index in [1.165, 1.54) is 0 Å². The molecule has 0 aliphatic carbocycles. The number of rotatable bonds is 6. The summed E-state index contributed by atoms with van der Waals surface area (Å²) in [7, 11) is -3.68. The Labute approximate surface area is 194 Å². The Bertz CT molecular complexity index is 1300. The van der Waals surface area contributed by atoms with Gasteiger partial charge in [0, 0.05) is 23.8 Å². The van der Waals surface area contributed by atoms with Crippen LogP contribution in [-0.2, 0) is 27.7 Å². The van der Waals surface area contributed by atoms with Crippen molar-refractivity contribution in [2.45, 2.75) is 43.5 Å². The van der Waals surface area contributed by atoms with Crippen molar-refractivity contribution in [3.8, 4) is 6.07 Å². The van der Waals surface area contributed by atoms with Crippen molar-refractivity contribution in [1.29, 1.82) is 5.26 Å². The highest BCUT2D eigenvalue weighted by Gasteiger charge is 2.28. The maximum Gasteiger partial charge on any atom is 0.261 e. The molecular weight excluding hydrogens is 434 g/mol. The van der Waals surface area contributed by atoms with E-state index in [1.54, 1.807) is 48.5 Å². The normalized spacial score (nSPS) is 15.4. The first-order chi connectivity index (χ1) is 15.9. The van der Waals surface area contributed by atoms with E-state index in [-0.39, 0.29) is 16.8 Å². The van der Waals surface area contributed by atoms with Gasteiger partial charge in [0.25, 0.3) is 10.0 Å². The monoisotopic (exact) mass is 459 g/mol. The fourth-order valence-corrected chi connectivity index (χ4v) is 5.20. The molecule has 0 saturated heterocycles. The number of nitrogens with zero attached hydrogens (tertiary/aromatic N) is 2. The van der Waals surface area contributed by atoms with Crippen molar-refractivity contribution < 1.29 is 13.2 Å². The lowest BCUT2D eigenvalue weighted by Gasteiger charge is -2.35. The molecule has 7 heteroatoms. The van der Waals surface area contributed by atoms with Gasteiger partial charge in [0.2, 0.25) is 5.91 Å². The molecule has 3 aromatic carbocycles. The predicted octanol–water partition coefficient (Wildman–Crippen LogP) is 4.66. The van der Waals surface area contributed by atoms with Gasteiger partial charge in [0.1, 0.15) is 0 Å². The molecule has 0 saturated carbocycles. The van der Waals surface area contributed by atoms with Crippen LogP contribution in [0, 0.1) is 11.3 Å². The number of hydrogen-bond donors (Lipinski definition) is 1. The summed E-state index contributed by atoms with van der Waals surface area (Å²) < 4.78 is 28.0. The molecule has 1 N–H and O–H groups in total. The molecule has 4 rings (SSSR count). The van der Waals surface area contributed by atoms with Gasteiger partial charge in [-0.25, -0.2) is 8.42 Å². The minimum atomic E-state index is -3.68. The van der Waals surface area contributed by atoms with E-state index in [9.17, 15) is 13.2 Å². The zero-order chi connectivity index (χ0) is 23.4. The van der Waals surface area contributed by atoms with Gasteiger partial charge in [-0.05, 0) is 79.8 Å². The van der Waals surface area contributed by atoms with E-state index >= 15 is 0 Å². The largest absolute Gasteiger partial charge is 0.309 e. The number of carbonyl (C=O) groups is 1. The van der Waals surface area contributed by atoms with Crippen LogP contribution in [0.2, 0.25) is 0 Å². The lowest BCUT2D eigenvalue weighted by atomic mass is 9.95. The molecule has 1 unspecified atom stereocenters. The maximum absolute atomic E-state index is 13.1. The lowest BCUT2D eigenvalue weighted by Crippen LogP contribution is -2.42. The second-order valence-corrected chi connectivity index (χ2v) is 9.90. The third-order valence-electron chi connectivity index (χ3n) is 5.90. The zero-order valence-corrected chi connectivity index (χ0v) is 19.2. The summed E-state index contributed by atoms with van der Waals surface area (Å²) in [6.45, 7) is 2.04. The Morgan fingerprint density at radius 3 is 2.52 bits per heavy atom. The molecule has 1 atom stereocenters. The summed E-state index contributed by atoms with van der Waals surface area (Å²) in [5.74, 6) is 0.0328. The Kier molecular flexibility index (Phi) is 6.47. The van der Waals surface area contributed by atoms with Crippen molar-refractivity contribution in [3.63, 3.8) is 0 Å². The summed E-state index contributed by atoms with van der Waals surface area (Å²) in [4.78, 5) is 15.2. The van der Waals surface area contributed by atoms with E-state index in [2.05, 4.69) is 10.8 Å². The number of nitriles is 1. The van der Waals surface area contributed by atoms with Crippen LogP contribution in [0.25, 0.3) is 0 Å². The van der Waals surface area contributed by atoms with E-state index in [0.29, 0.717) is 24.1 Å². The number of hydrogen-bond acceptors (Lipinski definition) is 4. The van der Waals surface area contributed by atoms with Crippen LogP contribution in [0.5, 0.6) is 0 Å². The smallest absolute Gasteiger partial charge is 0.261 e. The first kappa shape index (κ1) is 22.6. The minimum Gasteiger partial charge on any atom is -0.309 e. The number of anilines is 2. The molecule has 1 heterocycles.